The lowest BCUT2D eigenvalue weighted by atomic mass is 10.1. The topological polar surface area (TPSA) is 63.0 Å². The second-order valence-electron chi connectivity index (χ2n) is 5.54. The average molecular weight is 319 g/mol. The molecule has 1 heterocycles. The molecule has 0 bridgehead atoms. The van der Waals surface area contributed by atoms with E-state index in [-0.39, 0.29) is 5.91 Å². The van der Waals surface area contributed by atoms with E-state index in [4.69, 9.17) is 4.74 Å². The number of nitrogens with one attached hydrogen (secondary N) is 1. The number of aryl methyl sites for hydroxylation is 1. The lowest BCUT2D eigenvalue weighted by Gasteiger charge is -2.10. The molecule has 1 aromatic carbocycles. The maximum atomic E-state index is 11.0. The van der Waals surface area contributed by atoms with Crippen LogP contribution in [-0.2, 0) is 4.79 Å². The van der Waals surface area contributed by atoms with Gasteiger partial charge in [-0.2, -0.15) is 5.10 Å². The van der Waals surface area contributed by atoms with Crippen LogP contribution in [0.5, 0.6) is 5.75 Å². The minimum absolute atomic E-state index is 0.0299. The van der Waals surface area contributed by atoms with Gasteiger partial charge in [0.1, 0.15) is 5.75 Å². The molecule has 0 spiro atoms. The van der Waals surface area contributed by atoms with Crippen molar-refractivity contribution >= 4 is 29.1 Å². The highest BCUT2D eigenvalue weighted by molar-refractivity contribution is 8.15. The van der Waals surface area contributed by atoms with E-state index in [0.717, 1.165) is 29.9 Å². The summed E-state index contributed by atoms with van der Waals surface area (Å²) in [5.74, 6) is 1.93. The number of ether oxygens (including phenoxy) is 1. The van der Waals surface area contributed by atoms with Crippen LogP contribution in [0.1, 0.15) is 31.4 Å². The monoisotopic (exact) mass is 319 g/mol. The van der Waals surface area contributed by atoms with Gasteiger partial charge in [-0.3, -0.25) is 4.79 Å². The van der Waals surface area contributed by atoms with Crippen molar-refractivity contribution < 1.29 is 9.53 Å². The van der Waals surface area contributed by atoms with E-state index in [1.165, 1.54) is 11.8 Å². The Labute approximate surface area is 135 Å². The quantitative estimate of drug-likeness (QED) is 0.647. The molecule has 1 fully saturated rings. The molecule has 1 saturated heterocycles. The largest absolute Gasteiger partial charge is 0.493 e. The van der Waals surface area contributed by atoms with Gasteiger partial charge in [0, 0.05) is 0 Å². The second kappa shape index (κ2) is 7.98. The molecule has 0 radical (unpaired) electrons. The van der Waals surface area contributed by atoms with Crippen molar-refractivity contribution in [3.8, 4) is 5.75 Å². The fraction of sp³-hybridized carbons (Fsp3) is 0.438. The SMILES string of the molecule is Cc1cc(C=NN=C2NC(=O)CS2)ccc1OCCC(C)C. The summed E-state index contributed by atoms with van der Waals surface area (Å²) in [5.41, 5.74) is 2.02. The zero-order chi connectivity index (χ0) is 15.9. The molecule has 0 saturated carbocycles. The van der Waals surface area contributed by atoms with Crippen LogP contribution >= 0.6 is 11.8 Å². The molecule has 6 heteroatoms. The molecule has 1 aliphatic rings. The maximum Gasteiger partial charge on any atom is 0.236 e. The van der Waals surface area contributed by atoms with Gasteiger partial charge in [0.2, 0.25) is 5.91 Å². The van der Waals surface area contributed by atoms with Gasteiger partial charge in [0.25, 0.3) is 0 Å². The highest BCUT2D eigenvalue weighted by atomic mass is 32.2. The first kappa shape index (κ1) is 16.5. The van der Waals surface area contributed by atoms with E-state index >= 15 is 0 Å². The third-order valence-corrected chi connectivity index (χ3v) is 3.96. The van der Waals surface area contributed by atoms with Gasteiger partial charge in [-0.05, 0) is 48.6 Å². The Morgan fingerprint density at radius 1 is 1.45 bits per heavy atom. The van der Waals surface area contributed by atoms with E-state index in [2.05, 4.69) is 29.4 Å². The molecule has 0 atom stereocenters. The normalized spacial score (nSPS) is 16.7. The molecule has 118 valence electrons. The van der Waals surface area contributed by atoms with Crippen LogP contribution < -0.4 is 10.1 Å². The molecule has 1 aromatic rings. The van der Waals surface area contributed by atoms with Gasteiger partial charge >= 0.3 is 0 Å². The number of benzene rings is 1. The number of carbonyl (C=O) groups is 1. The standard InChI is InChI=1S/C16H21N3O2S/c1-11(2)6-7-21-14-5-4-13(8-12(14)3)9-17-19-16-18-15(20)10-22-16/h4-5,8-9,11H,6-7,10H2,1-3H3,(H,18,19,20). The summed E-state index contributed by atoms with van der Waals surface area (Å²) in [6.07, 6.45) is 2.71. The predicted octanol–water partition coefficient (Wildman–Crippen LogP) is 2.97. The summed E-state index contributed by atoms with van der Waals surface area (Å²) in [7, 11) is 0. The Morgan fingerprint density at radius 3 is 2.91 bits per heavy atom. The van der Waals surface area contributed by atoms with Crippen molar-refractivity contribution in [1.82, 2.24) is 5.32 Å². The fourth-order valence-corrected chi connectivity index (χ4v) is 2.48. The summed E-state index contributed by atoms with van der Waals surface area (Å²) >= 11 is 1.36. The molecule has 0 aliphatic carbocycles. The highest BCUT2D eigenvalue weighted by Crippen LogP contribution is 2.19. The van der Waals surface area contributed by atoms with Gasteiger partial charge in [0.15, 0.2) is 5.17 Å². The average Bonchev–Trinajstić information content (AvgIpc) is 2.86. The Kier molecular flexibility index (Phi) is 6.00. The van der Waals surface area contributed by atoms with Crippen LogP contribution in [0.25, 0.3) is 0 Å². The maximum absolute atomic E-state index is 11.0. The third-order valence-electron chi connectivity index (χ3n) is 3.09. The Hall–Kier alpha value is -1.82. The molecular formula is C16H21N3O2S. The van der Waals surface area contributed by atoms with Gasteiger partial charge in [-0.15, -0.1) is 5.10 Å². The van der Waals surface area contributed by atoms with Crippen molar-refractivity contribution in [3.05, 3.63) is 29.3 Å². The number of thioether (sulfide) groups is 1. The van der Waals surface area contributed by atoms with Gasteiger partial charge in [-0.25, -0.2) is 0 Å². The molecule has 5 nitrogen and oxygen atoms in total. The van der Waals surface area contributed by atoms with Crippen molar-refractivity contribution in [2.24, 2.45) is 16.1 Å². The van der Waals surface area contributed by atoms with Gasteiger partial charge in [-0.1, -0.05) is 25.6 Å². The number of nitrogens with zero attached hydrogens (tertiary/aromatic N) is 2. The Balaban J connectivity index is 1.92. The first-order valence-corrected chi connectivity index (χ1v) is 8.30. The zero-order valence-electron chi connectivity index (χ0n) is 13.1. The predicted molar refractivity (Wildman–Crippen MR) is 91.8 cm³/mol. The number of hydrogen-bond acceptors (Lipinski definition) is 5. The molecule has 1 N–H and O–H groups in total. The first-order valence-electron chi connectivity index (χ1n) is 7.31. The second-order valence-corrected chi connectivity index (χ2v) is 6.51. The molecule has 0 unspecified atom stereocenters. The summed E-state index contributed by atoms with van der Waals surface area (Å²) < 4.78 is 5.78. The molecule has 1 aliphatic heterocycles. The van der Waals surface area contributed by atoms with Crippen LogP contribution in [0.15, 0.2) is 28.4 Å². The minimum atomic E-state index is -0.0299. The molecule has 0 aromatic heterocycles. The van der Waals surface area contributed by atoms with Crippen LogP contribution in [-0.4, -0.2) is 29.6 Å². The third kappa shape index (κ3) is 5.18. The fourth-order valence-electron chi connectivity index (χ4n) is 1.85. The van der Waals surface area contributed by atoms with E-state index < -0.39 is 0 Å². The minimum Gasteiger partial charge on any atom is -0.493 e. The van der Waals surface area contributed by atoms with E-state index in [9.17, 15) is 4.79 Å². The van der Waals surface area contributed by atoms with Crippen LogP contribution in [0.4, 0.5) is 0 Å². The molecule has 1 amide bonds. The highest BCUT2D eigenvalue weighted by Gasteiger charge is 2.15. The molecular weight excluding hydrogens is 298 g/mol. The number of hydrogen-bond donors (Lipinski definition) is 1. The summed E-state index contributed by atoms with van der Waals surface area (Å²) in [6.45, 7) is 7.11. The summed E-state index contributed by atoms with van der Waals surface area (Å²) in [4.78, 5) is 11.0. The number of amidine groups is 1. The first-order chi connectivity index (χ1) is 10.5. The van der Waals surface area contributed by atoms with Crippen molar-refractivity contribution in [3.63, 3.8) is 0 Å². The van der Waals surface area contributed by atoms with Gasteiger partial charge in [0.05, 0.1) is 18.6 Å². The summed E-state index contributed by atoms with van der Waals surface area (Å²) in [5, 5.41) is 11.2. The van der Waals surface area contributed by atoms with Crippen LogP contribution in [0.2, 0.25) is 0 Å². The lowest BCUT2D eigenvalue weighted by Crippen LogP contribution is -2.19. The number of carbonyl (C=O) groups excluding carboxylic acids is 1. The van der Waals surface area contributed by atoms with E-state index in [1.54, 1.807) is 6.21 Å². The van der Waals surface area contributed by atoms with Crippen LogP contribution in [0, 0.1) is 12.8 Å². The van der Waals surface area contributed by atoms with Crippen LogP contribution in [0.3, 0.4) is 0 Å². The van der Waals surface area contributed by atoms with E-state index in [0.29, 0.717) is 16.8 Å². The van der Waals surface area contributed by atoms with Crippen molar-refractivity contribution in [1.29, 1.82) is 0 Å². The van der Waals surface area contributed by atoms with Gasteiger partial charge < -0.3 is 10.1 Å². The number of amides is 1. The molecule has 2 rings (SSSR count). The van der Waals surface area contributed by atoms with Crippen molar-refractivity contribution in [2.75, 3.05) is 12.4 Å². The zero-order valence-corrected chi connectivity index (χ0v) is 13.9. The van der Waals surface area contributed by atoms with E-state index in [1.807, 2.05) is 25.1 Å². The Morgan fingerprint density at radius 2 is 2.27 bits per heavy atom. The van der Waals surface area contributed by atoms with Crippen molar-refractivity contribution in [2.45, 2.75) is 27.2 Å². The summed E-state index contributed by atoms with van der Waals surface area (Å²) in [6, 6.07) is 5.91. The lowest BCUT2D eigenvalue weighted by molar-refractivity contribution is -0.116. The smallest absolute Gasteiger partial charge is 0.236 e. The molecule has 22 heavy (non-hydrogen) atoms. The number of rotatable bonds is 6. The Bertz CT molecular complexity index is 597.